The zero-order chi connectivity index (χ0) is 21.3. The second-order valence-corrected chi connectivity index (χ2v) is 9.58. The molecule has 9 heteroatoms. The Balaban J connectivity index is 1.73. The van der Waals surface area contributed by atoms with Gasteiger partial charge in [0.1, 0.15) is 5.56 Å². The van der Waals surface area contributed by atoms with Crippen molar-refractivity contribution < 1.29 is 22.7 Å². The summed E-state index contributed by atoms with van der Waals surface area (Å²) >= 11 is 0. The van der Waals surface area contributed by atoms with E-state index in [1.54, 1.807) is 25.6 Å². The number of aryl methyl sites for hydroxylation is 1. The van der Waals surface area contributed by atoms with E-state index in [4.69, 9.17) is 4.74 Å². The summed E-state index contributed by atoms with van der Waals surface area (Å²) in [5, 5.41) is 4.42. The quantitative estimate of drug-likeness (QED) is 0.684. The second-order valence-electron chi connectivity index (χ2n) is 7.35. The molecule has 0 spiro atoms. The summed E-state index contributed by atoms with van der Waals surface area (Å²) in [5.41, 5.74) is 2.26. The van der Waals surface area contributed by atoms with Crippen LogP contribution in [0.4, 0.5) is 0 Å². The van der Waals surface area contributed by atoms with Gasteiger partial charge >= 0.3 is 5.97 Å². The van der Waals surface area contributed by atoms with Gasteiger partial charge in [-0.05, 0) is 39.3 Å². The van der Waals surface area contributed by atoms with E-state index in [0.717, 1.165) is 5.69 Å². The Kier molecular flexibility index (Phi) is 5.79. The number of hydrogen-bond donors (Lipinski definition) is 0. The van der Waals surface area contributed by atoms with Gasteiger partial charge in [0.15, 0.2) is 15.9 Å². The highest BCUT2D eigenvalue weighted by atomic mass is 32.2. The van der Waals surface area contributed by atoms with Crippen molar-refractivity contribution in [3.8, 4) is 5.69 Å². The van der Waals surface area contributed by atoms with Gasteiger partial charge in [-0.15, -0.1) is 0 Å². The lowest BCUT2D eigenvalue weighted by atomic mass is 10.2. The summed E-state index contributed by atoms with van der Waals surface area (Å²) in [5.74, 6) is -1.04. The van der Waals surface area contributed by atoms with Crippen LogP contribution >= 0.6 is 0 Å². The van der Waals surface area contributed by atoms with E-state index in [0.29, 0.717) is 23.4 Å². The SMILES string of the molecule is Cc1nn(-c2ccccc2)c(C)c1C(=O)O[C@@H](C)C(=O)N(C)[C@@H]1CCS(=O)(=O)C1. The summed E-state index contributed by atoms with van der Waals surface area (Å²) in [6.07, 6.45) is -0.637. The summed E-state index contributed by atoms with van der Waals surface area (Å²) < 4.78 is 30.4. The van der Waals surface area contributed by atoms with Crippen molar-refractivity contribution in [3.63, 3.8) is 0 Å². The van der Waals surface area contributed by atoms with E-state index in [9.17, 15) is 18.0 Å². The molecule has 1 aliphatic heterocycles. The molecule has 2 heterocycles. The molecule has 156 valence electrons. The topological polar surface area (TPSA) is 98.6 Å². The van der Waals surface area contributed by atoms with Crippen molar-refractivity contribution in [2.24, 2.45) is 0 Å². The monoisotopic (exact) mass is 419 g/mol. The number of sulfone groups is 1. The molecule has 1 aromatic heterocycles. The van der Waals surface area contributed by atoms with Crippen LogP contribution < -0.4 is 0 Å². The Morgan fingerprint density at radius 3 is 2.48 bits per heavy atom. The number of carbonyl (C=O) groups is 2. The van der Waals surface area contributed by atoms with Crippen molar-refractivity contribution in [1.82, 2.24) is 14.7 Å². The Bertz CT molecular complexity index is 1030. The van der Waals surface area contributed by atoms with Gasteiger partial charge in [-0.2, -0.15) is 5.10 Å². The van der Waals surface area contributed by atoms with Crippen LogP contribution in [-0.4, -0.2) is 65.7 Å². The highest BCUT2D eigenvalue weighted by Gasteiger charge is 2.35. The number of amides is 1. The molecule has 8 nitrogen and oxygen atoms in total. The molecular weight excluding hydrogens is 394 g/mol. The highest BCUT2D eigenvalue weighted by molar-refractivity contribution is 7.91. The van der Waals surface area contributed by atoms with Crippen molar-refractivity contribution in [2.75, 3.05) is 18.6 Å². The first-order valence-electron chi connectivity index (χ1n) is 9.40. The first kappa shape index (κ1) is 21.0. The highest BCUT2D eigenvalue weighted by Crippen LogP contribution is 2.21. The molecule has 0 N–H and O–H groups in total. The van der Waals surface area contributed by atoms with Gasteiger partial charge in [0, 0.05) is 13.1 Å². The molecule has 1 saturated heterocycles. The van der Waals surface area contributed by atoms with Gasteiger partial charge in [-0.1, -0.05) is 18.2 Å². The molecule has 1 aromatic carbocycles. The predicted octanol–water partition coefficient (Wildman–Crippen LogP) is 1.68. The smallest absolute Gasteiger partial charge is 0.342 e. The Hall–Kier alpha value is -2.68. The molecule has 2 atom stereocenters. The number of para-hydroxylation sites is 1. The zero-order valence-corrected chi connectivity index (χ0v) is 17.8. The van der Waals surface area contributed by atoms with Gasteiger partial charge in [0.05, 0.1) is 28.6 Å². The molecule has 0 unspecified atom stereocenters. The minimum absolute atomic E-state index is 0.0576. The summed E-state index contributed by atoms with van der Waals surface area (Å²) in [7, 11) is -1.57. The number of nitrogens with zero attached hydrogens (tertiary/aromatic N) is 3. The molecule has 29 heavy (non-hydrogen) atoms. The molecule has 1 amide bonds. The van der Waals surface area contributed by atoms with Crippen molar-refractivity contribution in [2.45, 2.75) is 39.3 Å². The molecule has 3 rings (SSSR count). The summed E-state index contributed by atoms with van der Waals surface area (Å²) in [6, 6.07) is 9.02. The summed E-state index contributed by atoms with van der Waals surface area (Å²) in [4.78, 5) is 26.8. The third kappa shape index (κ3) is 4.34. The molecule has 0 aliphatic carbocycles. The maximum Gasteiger partial charge on any atom is 0.342 e. The Labute approximate surface area is 170 Å². The fourth-order valence-corrected chi connectivity index (χ4v) is 5.35. The lowest BCUT2D eigenvalue weighted by Crippen LogP contribution is -2.44. The van der Waals surface area contributed by atoms with Crippen LogP contribution in [0.5, 0.6) is 0 Å². The average molecular weight is 420 g/mol. The van der Waals surface area contributed by atoms with Crippen LogP contribution in [0.15, 0.2) is 30.3 Å². The van der Waals surface area contributed by atoms with Crippen molar-refractivity contribution in [3.05, 3.63) is 47.3 Å². The van der Waals surface area contributed by atoms with Crippen molar-refractivity contribution in [1.29, 1.82) is 0 Å². The number of benzene rings is 1. The van der Waals surface area contributed by atoms with Crippen LogP contribution in [-0.2, 0) is 19.4 Å². The Morgan fingerprint density at radius 1 is 1.24 bits per heavy atom. The van der Waals surface area contributed by atoms with E-state index in [-0.39, 0.29) is 11.5 Å². The second kappa shape index (κ2) is 7.98. The first-order valence-corrected chi connectivity index (χ1v) is 11.2. The van der Waals surface area contributed by atoms with Crippen LogP contribution in [0.3, 0.4) is 0 Å². The third-order valence-electron chi connectivity index (χ3n) is 5.23. The number of hydrogen-bond acceptors (Lipinski definition) is 6. The van der Waals surface area contributed by atoms with Crippen LogP contribution in [0.1, 0.15) is 35.1 Å². The molecule has 1 fully saturated rings. The zero-order valence-electron chi connectivity index (χ0n) is 17.0. The third-order valence-corrected chi connectivity index (χ3v) is 6.98. The number of aromatic nitrogens is 2. The fourth-order valence-electron chi connectivity index (χ4n) is 3.58. The van der Waals surface area contributed by atoms with Gasteiger partial charge < -0.3 is 9.64 Å². The van der Waals surface area contributed by atoms with Crippen LogP contribution in [0.2, 0.25) is 0 Å². The van der Waals surface area contributed by atoms with E-state index in [1.165, 1.54) is 11.8 Å². The van der Waals surface area contributed by atoms with Gasteiger partial charge in [-0.25, -0.2) is 17.9 Å². The molecule has 0 radical (unpaired) electrons. The maximum absolute atomic E-state index is 12.8. The predicted molar refractivity (Wildman–Crippen MR) is 108 cm³/mol. The minimum atomic E-state index is -3.11. The van der Waals surface area contributed by atoms with Gasteiger partial charge in [-0.3, -0.25) is 4.79 Å². The maximum atomic E-state index is 12.8. The normalized spacial score (nSPS) is 19.0. The number of esters is 1. The summed E-state index contributed by atoms with van der Waals surface area (Å²) in [6.45, 7) is 4.98. The first-order chi connectivity index (χ1) is 13.6. The fraction of sp³-hybridized carbons (Fsp3) is 0.450. The largest absolute Gasteiger partial charge is 0.449 e. The van der Waals surface area contributed by atoms with E-state index < -0.39 is 33.9 Å². The lowest BCUT2D eigenvalue weighted by molar-refractivity contribution is -0.140. The van der Waals surface area contributed by atoms with Gasteiger partial charge in [0.25, 0.3) is 5.91 Å². The van der Waals surface area contributed by atoms with Crippen molar-refractivity contribution >= 4 is 21.7 Å². The standard InChI is InChI=1S/C20H25N3O5S/c1-13-18(14(2)23(21-13)16-8-6-5-7-9-16)20(25)28-15(3)19(24)22(4)17-10-11-29(26,27)12-17/h5-9,15,17H,10-12H2,1-4H3/t15-,17+/m0/s1. The van der Waals surface area contributed by atoms with E-state index >= 15 is 0 Å². The molecule has 0 bridgehead atoms. The number of rotatable bonds is 5. The molecule has 1 aliphatic rings. The van der Waals surface area contributed by atoms with E-state index in [1.807, 2.05) is 30.3 Å². The Morgan fingerprint density at radius 2 is 1.90 bits per heavy atom. The minimum Gasteiger partial charge on any atom is -0.449 e. The molecule has 0 saturated carbocycles. The number of ether oxygens (including phenoxy) is 1. The average Bonchev–Trinajstić information content (AvgIpc) is 3.19. The molecule has 2 aromatic rings. The van der Waals surface area contributed by atoms with Gasteiger partial charge in [0.2, 0.25) is 0 Å². The number of likely N-dealkylation sites (N-methyl/N-ethyl adjacent to an activating group) is 1. The van der Waals surface area contributed by atoms with Crippen LogP contribution in [0.25, 0.3) is 5.69 Å². The van der Waals surface area contributed by atoms with Crippen LogP contribution in [0, 0.1) is 13.8 Å². The lowest BCUT2D eigenvalue weighted by Gasteiger charge is -2.26. The number of carbonyl (C=O) groups excluding carboxylic acids is 2. The van der Waals surface area contributed by atoms with E-state index in [2.05, 4.69) is 5.10 Å². The molecular formula is C20H25N3O5S.